The Kier molecular flexibility index (Phi) is 4.88. The van der Waals surface area contributed by atoms with Crippen molar-refractivity contribution in [3.8, 4) is 0 Å². The van der Waals surface area contributed by atoms with Crippen LogP contribution >= 0.6 is 0 Å². The number of aromatic nitrogens is 2. The summed E-state index contributed by atoms with van der Waals surface area (Å²) in [4.78, 5) is 31.5. The molecule has 0 aliphatic carbocycles. The first-order chi connectivity index (χ1) is 12.1. The summed E-state index contributed by atoms with van der Waals surface area (Å²) in [6.45, 7) is 5.02. The minimum absolute atomic E-state index is 0.187. The molecule has 1 fully saturated rings. The average molecular weight is 340 g/mol. The lowest BCUT2D eigenvalue weighted by molar-refractivity contribution is -0.132. The van der Waals surface area contributed by atoms with Crippen LogP contribution in [0.15, 0.2) is 42.7 Å². The van der Waals surface area contributed by atoms with E-state index in [0.29, 0.717) is 12.2 Å². The van der Waals surface area contributed by atoms with Crippen LogP contribution in [0.5, 0.6) is 0 Å². The zero-order chi connectivity index (χ0) is 17.9. The number of nitrogens with zero attached hydrogens (tertiary/aromatic N) is 3. The number of carbonyl (C=O) groups excluding carboxylic acids is 2. The predicted molar refractivity (Wildman–Crippen MR) is 94.6 cm³/mol. The molecule has 1 N–H and O–H groups in total. The molecule has 0 spiro atoms. The zero-order valence-electron chi connectivity index (χ0n) is 14.7. The second-order valence-corrected chi connectivity index (χ2v) is 6.33. The van der Waals surface area contributed by atoms with E-state index < -0.39 is 5.54 Å². The molecule has 1 aromatic heterocycles. The van der Waals surface area contributed by atoms with E-state index in [0.717, 1.165) is 24.9 Å². The molecule has 1 aliphatic heterocycles. The van der Waals surface area contributed by atoms with E-state index in [2.05, 4.69) is 17.2 Å². The fourth-order valence-corrected chi connectivity index (χ4v) is 3.36. The number of imidazole rings is 1. The van der Waals surface area contributed by atoms with Crippen LogP contribution in [-0.4, -0.2) is 26.4 Å². The van der Waals surface area contributed by atoms with Gasteiger partial charge in [-0.25, -0.2) is 9.78 Å². The fraction of sp³-hybridized carbons (Fsp3) is 0.421. The molecule has 2 heterocycles. The Bertz CT molecular complexity index is 756. The molecule has 1 unspecified atom stereocenters. The van der Waals surface area contributed by atoms with Crippen LogP contribution in [0.2, 0.25) is 0 Å². The van der Waals surface area contributed by atoms with E-state index in [1.165, 1.54) is 4.90 Å². The Balaban J connectivity index is 1.93. The van der Waals surface area contributed by atoms with Crippen molar-refractivity contribution in [2.24, 2.45) is 0 Å². The first-order valence-corrected chi connectivity index (χ1v) is 8.82. The molecule has 1 atom stereocenters. The van der Waals surface area contributed by atoms with E-state index in [9.17, 15) is 9.59 Å². The maximum atomic E-state index is 13.3. The number of hydrogen-bond donors (Lipinski definition) is 1. The van der Waals surface area contributed by atoms with Crippen molar-refractivity contribution < 1.29 is 9.59 Å². The summed E-state index contributed by atoms with van der Waals surface area (Å²) in [6.07, 6.45) is 5.96. The van der Waals surface area contributed by atoms with E-state index in [-0.39, 0.29) is 18.5 Å². The molecule has 6 nitrogen and oxygen atoms in total. The highest BCUT2D eigenvalue weighted by Crippen LogP contribution is 2.34. The monoisotopic (exact) mass is 340 g/mol. The van der Waals surface area contributed by atoms with Gasteiger partial charge in [0, 0.05) is 18.9 Å². The third-order valence-electron chi connectivity index (χ3n) is 4.79. The van der Waals surface area contributed by atoms with E-state index in [4.69, 9.17) is 0 Å². The number of benzene rings is 1. The Morgan fingerprint density at radius 2 is 1.92 bits per heavy atom. The molecule has 1 saturated heterocycles. The largest absolute Gasteiger partial charge is 0.334 e. The minimum Gasteiger partial charge on any atom is -0.334 e. The van der Waals surface area contributed by atoms with Gasteiger partial charge in [0.25, 0.3) is 5.91 Å². The topological polar surface area (TPSA) is 67.2 Å². The van der Waals surface area contributed by atoms with Gasteiger partial charge in [0.15, 0.2) is 0 Å². The molecule has 0 bridgehead atoms. The van der Waals surface area contributed by atoms with Gasteiger partial charge in [-0.1, -0.05) is 50.1 Å². The lowest BCUT2D eigenvalue weighted by Crippen LogP contribution is -2.44. The van der Waals surface area contributed by atoms with Crippen LogP contribution in [0.25, 0.3) is 0 Å². The van der Waals surface area contributed by atoms with E-state index >= 15 is 0 Å². The predicted octanol–water partition coefficient (Wildman–Crippen LogP) is 3.04. The number of amides is 3. The van der Waals surface area contributed by atoms with Gasteiger partial charge in [0.1, 0.15) is 11.4 Å². The highest BCUT2D eigenvalue weighted by molar-refractivity contribution is 6.07. The molecule has 132 valence electrons. The third kappa shape index (κ3) is 3.04. The van der Waals surface area contributed by atoms with Crippen LogP contribution < -0.4 is 5.32 Å². The summed E-state index contributed by atoms with van der Waals surface area (Å²) in [5.41, 5.74) is -0.138. The van der Waals surface area contributed by atoms with Gasteiger partial charge >= 0.3 is 6.03 Å². The lowest BCUT2D eigenvalue weighted by atomic mass is 9.85. The third-order valence-corrected chi connectivity index (χ3v) is 4.79. The molecular formula is C19H24N4O2. The van der Waals surface area contributed by atoms with Gasteiger partial charge < -0.3 is 9.88 Å². The van der Waals surface area contributed by atoms with Gasteiger partial charge in [-0.05, 0) is 18.9 Å². The van der Waals surface area contributed by atoms with Gasteiger partial charge in [-0.2, -0.15) is 0 Å². The summed E-state index contributed by atoms with van der Waals surface area (Å²) in [5, 5.41) is 2.97. The van der Waals surface area contributed by atoms with Crippen molar-refractivity contribution in [2.45, 2.75) is 51.7 Å². The molecule has 0 saturated carbocycles. The SMILES string of the molecule is CCCCC1(c2ccccc2)NC(=O)N(Cc2nccn2CC)C1=O. The van der Waals surface area contributed by atoms with Crippen molar-refractivity contribution in [1.29, 1.82) is 0 Å². The molecule has 3 amide bonds. The molecule has 1 aromatic carbocycles. The summed E-state index contributed by atoms with van der Waals surface area (Å²) < 4.78 is 1.94. The van der Waals surface area contributed by atoms with Crippen LogP contribution in [0, 0.1) is 0 Å². The highest BCUT2D eigenvalue weighted by Gasteiger charge is 2.51. The Morgan fingerprint density at radius 1 is 1.16 bits per heavy atom. The Labute approximate surface area is 147 Å². The molecular weight excluding hydrogens is 316 g/mol. The van der Waals surface area contributed by atoms with Crippen LogP contribution in [0.1, 0.15) is 44.5 Å². The number of rotatable bonds is 7. The van der Waals surface area contributed by atoms with Gasteiger partial charge in [0.2, 0.25) is 0 Å². The average Bonchev–Trinajstić information content (AvgIpc) is 3.19. The summed E-state index contributed by atoms with van der Waals surface area (Å²) in [6, 6.07) is 9.17. The van der Waals surface area contributed by atoms with Crippen molar-refractivity contribution in [1.82, 2.24) is 19.8 Å². The molecule has 2 aromatic rings. The second-order valence-electron chi connectivity index (χ2n) is 6.33. The Morgan fingerprint density at radius 3 is 2.60 bits per heavy atom. The number of unbranched alkanes of at least 4 members (excludes halogenated alkanes) is 1. The van der Waals surface area contributed by atoms with Crippen molar-refractivity contribution >= 4 is 11.9 Å². The van der Waals surface area contributed by atoms with Gasteiger partial charge in [-0.3, -0.25) is 9.69 Å². The molecule has 0 radical (unpaired) electrons. The lowest BCUT2D eigenvalue weighted by Gasteiger charge is -2.27. The van der Waals surface area contributed by atoms with E-state index in [1.807, 2.05) is 48.0 Å². The number of carbonyl (C=O) groups is 2. The standard InChI is InChI=1S/C19H24N4O2/c1-3-5-11-19(15-9-7-6-8-10-15)17(24)23(18(25)21-19)14-16-20-12-13-22(16)4-2/h6-10,12-13H,3-5,11,14H2,1-2H3,(H,21,25). The zero-order valence-corrected chi connectivity index (χ0v) is 14.7. The number of hydrogen-bond acceptors (Lipinski definition) is 3. The van der Waals surface area contributed by atoms with Crippen molar-refractivity contribution in [3.05, 3.63) is 54.1 Å². The molecule has 25 heavy (non-hydrogen) atoms. The van der Waals surface area contributed by atoms with Gasteiger partial charge in [-0.15, -0.1) is 0 Å². The number of imide groups is 1. The summed E-state index contributed by atoms with van der Waals surface area (Å²) >= 11 is 0. The van der Waals surface area contributed by atoms with Crippen LogP contribution in [0.4, 0.5) is 4.79 Å². The normalized spacial score (nSPS) is 20.2. The molecule has 6 heteroatoms. The molecule has 3 rings (SSSR count). The van der Waals surface area contributed by atoms with Crippen molar-refractivity contribution in [3.63, 3.8) is 0 Å². The Hall–Kier alpha value is -2.63. The van der Waals surface area contributed by atoms with Crippen LogP contribution in [-0.2, 0) is 23.4 Å². The first kappa shape index (κ1) is 17.2. The summed E-state index contributed by atoms with van der Waals surface area (Å²) in [7, 11) is 0. The first-order valence-electron chi connectivity index (χ1n) is 8.82. The second kappa shape index (κ2) is 7.09. The smallest absolute Gasteiger partial charge is 0.325 e. The summed E-state index contributed by atoms with van der Waals surface area (Å²) in [5.74, 6) is 0.521. The number of aryl methyl sites for hydroxylation is 1. The highest BCUT2D eigenvalue weighted by atomic mass is 16.2. The van der Waals surface area contributed by atoms with Crippen LogP contribution in [0.3, 0.4) is 0 Å². The number of nitrogens with one attached hydrogen (secondary N) is 1. The minimum atomic E-state index is -0.974. The maximum Gasteiger partial charge on any atom is 0.325 e. The van der Waals surface area contributed by atoms with Gasteiger partial charge in [0.05, 0.1) is 6.54 Å². The van der Waals surface area contributed by atoms with E-state index in [1.54, 1.807) is 6.20 Å². The molecule has 1 aliphatic rings. The quantitative estimate of drug-likeness (QED) is 0.788. The number of urea groups is 1. The fourth-order valence-electron chi connectivity index (χ4n) is 3.36. The van der Waals surface area contributed by atoms with Crippen molar-refractivity contribution in [2.75, 3.05) is 0 Å². The maximum absolute atomic E-state index is 13.3.